The van der Waals surface area contributed by atoms with Crippen molar-refractivity contribution < 1.29 is 4.79 Å². The number of likely N-dealkylation sites (tertiary alicyclic amines) is 1. The van der Waals surface area contributed by atoms with E-state index < -0.39 is 5.54 Å². The smallest absolute Gasteiger partial charge is 0.224 e. The lowest BCUT2D eigenvalue weighted by atomic mass is 9.95. The number of nitrogens with one attached hydrogen (secondary N) is 2. The van der Waals surface area contributed by atoms with Gasteiger partial charge in [0, 0.05) is 13.6 Å². The van der Waals surface area contributed by atoms with Gasteiger partial charge >= 0.3 is 0 Å². The summed E-state index contributed by atoms with van der Waals surface area (Å²) in [5, 5.41) is 15.2. The summed E-state index contributed by atoms with van der Waals surface area (Å²) in [6.07, 6.45) is 3.90. The number of carbonyl (C=O) groups excluding carboxylic acids is 1. The molecule has 0 aromatic carbocycles. The van der Waals surface area contributed by atoms with Crippen molar-refractivity contribution in [2.75, 3.05) is 33.2 Å². The Balaban J connectivity index is 2.35. The lowest BCUT2D eigenvalue weighted by Gasteiger charge is -2.32. The van der Waals surface area contributed by atoms with E-state index in [9.17, 15) is 10.1 Å². The number of amides is 1. The Labute approximate surface area is 122 Å². The number of hydrogen-bond acceptors (Lipinski definition) is 4. The van der Waals surface area contributed by atoms with Gasteiger partial charge in [-0.15, -0.1) is 0 Å². The molecule has 0 radical (unpaired) electrons. The Morgan fingerprint density at radius 3 is 2.90 bits per heavy atom. The molecule has 1 amide bonds. The van der Waals surface area contributed by atoms with Gasteiger partial charge < -0.3 is 10.2 Å². The van der Waals surface area contributed by atoms with Crippen molar-refractivity contribution in [2.45, 2.75) is 45.1 Å². The van der Waals surface area contributed by atoms with Gasteiger partial charge in [-0.1, -0.05) is 6.92 Å². The maximum Gasteiger partial charge on any atom is 0.224 e. The molecule has 0 aliphatic carbocycles. The molecular weight excluding hydrogens is 252 g/mol. The predicted molar refractivity (Wildman–Crippen MR) is 80.2 cm³/mol. The molecule has 1 aliphatic heterocycles. The number of carbonyl (C=O) groups is 1. The molecule has 5 heteroatoms. The second-order valence-electron chi connectivity index (χ2n) is 5.83. The Bertz CT molecular complexity index is 352. The summed E-state index contributed by atoms with van der Waals surface area (Å²) in [6.45, 7) is 7.68. The van der Waals surface area contributed by atoms with E-state index in [0.29, 0.717) is 0 Å². The van der Waals surface area contributed by atoms with Crippen molar-refractivity contribution in [1.82, 2.24) is 15.5 Å². The molecule has 0 saturated carbocycles. The van der Waals surface area contributed by atoms with Crippen LogP contribution in [0.3, 0.4) is 0 Å². The molecule has 114 valence electrons. The first-order valence-electron chi connectivity index (χ1n) is 7.65. The van der Waals surface area contributed by atoms with E-state index in [4.69, 9.17) is 0 Å². The molecule has 1 rings (SSSR count). The van der Waals surface area contributed by atoms with Crippen LogP contribution in [0.4, 0.5) is 0 Å². The summed E-state index contributed by atoms with van der Waals surface area (Å²) < 4.78 is 0. The second-order valence-corrected chi connectivity index (χ2v) is 5.83. The normalized spacial score (nSPS) is 22.8. The van der Waals surface area contributed by atoms with Gasteiger partial charge in [0.05, 0.1) is 12.0 Å². The Hall–Kier alpha value is -1.12. The maximum atomic E-state index is 11.7. The van der Waals surface area contributed by atoms with Crippen LogP contribution in [-0.4, -0.2) is 49.6 Å². The van der Waals surface area contributed by atoms with Gasteiger partial charge in [-0.05, 0) is 52.2 Å². The van der Waals surface area contributed by atoms with Crippen molar-refractivity contribution in [3.8, 4) is 6.07 Å². The van der Waals surface area contributed by atoms with Gasteiger partial charge in [-0.3, -0.25) is 10.1 Å². The van der Waals surface area contributed by atoms with E-state index in [1.807, 2.05) is 13.8 Å². The first-order valence-corrected chi connectivity index (χ1v) is 7.65. The van der Waals surface area contributed by atoms with Crippen LogP contribution in [0.15, 0.2) is 0 Å². The molecule has 1 aliphatic rings. The first kappa shape index (κ1) is 16.9. The van der Waals surface area contributed by atoms with Gasteiger partial charge in [0.1, 0.15) is 5.54 Å². The zero-order valence-corrected chi connectivity index (χ0v) is 13.0. The molecule has 1 fully saturated rings. The van der Waals surface area contributed by atoms with Crippen LogP contribution in [-0.2, 0) is 4.79 Å². The quantitative estimate of drug-likeness (QED) is 0.733. The van der Waals surface area contributed by atoms with E-state index in [-0.39, 0.29) is 11.8 Å². The molecule has 20 heavy (non-hydrogen) atoms. The molecular formula is C15H28N4O. The van der Waals surface area contributed by atoms with Crippen LogP contribution in [0.2, 0.25) is 0 Å². The standard InChI is InChI=1S/C15H28N4O/c1-4-18-15(2,12-16)8-6-10-19-9-5-7-13(11-19)14(20)17-3/h13,18H,4-11H2,1-3H3,(H,17,20). The highest BCUT2D eigenvalue weighted by atomic mass is 16.1. The third-order valence-electron chi connectivity index (χ3n) is 4.09. The van der Waals surface area contributed by atoms with E-state index >= 15 is 0 Å². The molecule has 0 bridgehead atoms. The number of nitriles is 1. The monoisotopic (exact) mass is 280 g/mol. The Kier molecular flexibility index (Phi) is 6.97. The number of piperidine rings is 1. The molecule has 2 atom stereocenters. The fraction of sp³-hybridized carbons (Fsp3) is 0.867. The van der Waals surface area contributed by atoms with Crippen molar-refractivity contribution in [3.63, 3.8) is 0 Å². The van der Waals surface area contributed by atoms with Crippen molar-refractivity contribution in [2.24, 2.45) is 5.92 Å². The summed E-state index contributed by atoms with van der Waals surface area (Å²) in [4.78, 5) is 14.0. The highest BCUT2D eigenvalue weighted by Gasteiger charge is 2.26. The van der Waals surface area contributed by atoms with Crippen LogP contribution in [0, 0.1) is 17.2 Å². The summed E-state index contributed by atoms with van der Waals surface area (Å²) >= 11 is 0. The zero-order valence-electron chi connectivity index (χ0n) is 13.0. The van der Waals surface area contributed by atoms with E-state index in [1.54, 1.807) is 7.05 Å². The fourth-order valence-electron chi connectivity index (χ4n) is 2.91. The van der Waals surface area contributed by atoms with Crippen molar-refractivity contribution in [1.29, 1.82) is 5.26 Å². The molecule has 0 spiro atoms. The van der Waals surface area contributed by atoms with E-state index in [1.165, 1.54) is 0 Å². The topological polar surface area (TPSA) is 68.2 Å². The average Bonchev–Trinajstić information content (AvgIpc) is 2.47. The van der Waals surface area contributed by atoms with Gasteiger partial charge in [-0.25, -0.2) is 0 Å². The summed E-state index contributed by atoms with van der Waals surface area (Å²) in [6, 6.07) is 2.36. The maximum absolute atomic E-state index is 11.7. The van der Waals surface area contributed by atoms with Gasteiger partial charge in [-0.2, -0.15) is 5.26 Å². The fourth-order valence-corrected chi connectivity index (χ4v) is 2.91. The number of rotatable bonds is 7. The number of hydrogen-bond donors (Lipinski definition) is 2. The zero-order chi connectivity index (χ0) is 15.0. The molecule has 5 nitrogen and oxygen atoms in total. The summed E-state index contributed by atoms with van der Waals surface area (Å²) in [5.74, 6) is 0.286. The third kappa shape index (κ3) is 5.10. The van der Waals surface area contributed by atoms with Crippen LogP contribution in [0.25, 0.3) is 0 Å². The van der Waals surface area contributed by atoms with E-state index in [2.05, 4.69) is 21.6 Å². The Morgan fingerprint density at radius 2 is 2.30 bits per heavy atom. The summed E-state index contributed by atoms with van der Waals surface area (Å²) in [7, 11) is 1.70. The van der Waals surface area contributed by atoms with Crippen LogP contribution in [0.5, 0.6) is 0 Å². The van der Waals surface area contributed by atoms with Crippen molar-refractivity contribution >= 4 is 5.91 Å². The number of nitrogens with zero attached hydrogens (tertiary/aromatic N) is 2. The third-order valence-corrected chi connectivity index (χ3v) is 4.09. The highest BCUT2D eigenvalue weighted by Crippen LogP contribution is 2.18. The minimum atomic E-state index is -0.426. The first-order chi connectivity index (χ1) is 9.54. The highest BCUT2D eigenvalue weighted by molar-refractivity contribution is 5.78. The lowest BCUT2D eigenvalue weighted by molar-refractivity contribution is -0.126. The average molecular weight is 280 g/mol. The van der Waals surface area contributed by atoms with E-state index in [0.717, 1.165) is 51.9 Å². The largest absolute Gasteiger partial charge is 0.359 e. The second kappa shape index (κ2) is 8.23. The van der Waals surface area contributed by atoms with Crippen molar-refractivity contribution in [3.05, 3.63) is 0 Å². The molecule has 0 aromatic heterocycles. The molecule has 2 unspecified atom stereocenters. The van der Waals surface area contributed by atoms with Crippen LogP contribution >= 0.6 is 0 Å². The molecule has 2 N–H and O–H groups in total. The van der Waals surface area contributed by atoms with Gasteiger partial charge in [0.2, 0.25) is 5.91 Å². The van der Waals surface area contributed by atoms with Gasteiger partial charge in [0.25, 0.3) is 0 Å². The molecule has 1 heterocycles. The lowest BCUT2D eigenvalue weighted by Crippen LogP contribution is -2.44. The SMILES string of the molecule is CCNC(C)(C#N)CCCN1CCCC(C(=O)NC)C1. The Morgan fingerprint density at radius 1 is 1.55 bits per heavy atom. The van der Waals surface area contributed by atoms with Crippen LogP contribution < -0.4 is 10.6 Å². The van der Waals surface area contributed by atoms with Gasteiger partial charge in [0.15, 0.2) is 0 Å². The summed E-state index contributed by atoms with van der Waals surface area (Å²) in [5.41, 5.74) is -0.426. The minimum Gasteiger partial charge on any atom is -0.359 e. The predicted octanol–water partition coefficient (Wildman–Crippen LogP) is 1.12. The van der Waals surface area contributed by atoms with Crippen LogP contribution in [0.1, 0.15) is 39.5 Å². The molecule has 1 saturated heterocycles. The molecule has 0 aromatic rings. The minimum absolute atomic E-state index is 0.130.